The van der Waals surface area contributed by atoms with E-state index in [9.17, 15) is 4.79 Å². The molecule has 0 spiro atoms. The van der Waals surface area contributed by atoms with Gasteiger partial charge in [0.15, 0.2) is 0 Å². The van der Waals surface area contributed by atoms with Crippen molar-refractivity contribution < 1.29 is 9.53 Å². The van der Waals surface area contributed by atoms with Crippen LogP contribution in [0.15, 0.2) is 0 Å². The third-order valence-electron chi connectivity index (χ3n) is 2.14. The Hall–Kier alpha value is -0.610. The molecule has 0 aliphatic carbocycles. The lowest BCUT2D eigenvalue weighted by molar-refractivity contribution is -0.121. The van der Waals surface area contributed by atoms with Crippen LogP contribution < -0.4 is 11.1 Å². The molecule has 0 aliphatic heterocycles. The summed E-state index contributed by atoms with van der Waals surface area (Å²) in [6, 6.07) is 0.0429. The first-order valence-corrected chi connectivity index (χ1v) is 5.09. The van der Waals surface area contributed by atoms with Gasteiger partial charge in [-0.1, -0.05) is 13.8 Å². The molecule has 1 atom stereocenters. The van der Waals surface area contributed by atoms with Crippen LogP contribution in [0.2, 0.25) is 0 Å². The molecular formula is C10H22N2O2. The second-order valence-electron chi connectivity index (χ2n) is 3.81. The van der Waals surface area contributed by atoms with Crippen LogP contribution in [0.4, 0.5) is 0 Å². The largest absolute Gasteiger partial charge is 0.385 e. The van der Waals surface area contributed by atoms with Gasteiger partial charge in [-0.25, -0.2) is 0 Å². The van der Waals surface area contributed by atoms with Crippen molar-refractivity contribution in [1.29, 1.82) is 0 Å². The summed E-state index contributed by atoms with van der Waals surface area (Å²) < 4.78 is 4.85. The molecule has 0 radical (unpaired) electrons. The zero-order valence-electron chi connectivity index (χ0n) is 9.38. The lowest BCUT2D eigenvalue weighted by Crippen LogP contribution is -2.40. The van der Waals surface area contributed by atoms with Crippen LogP contribution in [0, 0.1) is 5.92 Å². The fourth-order valence-electron chi connectivity index (χ4n) is 0.933. The SMILES string of the molecule is COCCCC(=O)NCC(N)C(C)C. The highest BCUT2D eigenvalue weighted by Gasteiger charge is 2.08. The number of nitrogens with one attached hydrogen (secondary N) is 1. The normalized spacial score (nSPS) is 12.9. The van der Waals surface area contributed by atoms with Crippen LogP contribution in [0.25, 0.3) is 0 Å². The second-order valence-corrected chi connectivity index (χ2v) is 3.81. The predicted molar refractivity (Wildman–Crippen MR) is 56.9 cm³/mol. The number of ether oxygens (including phenoxy) is 1. The Balaban J connectivity index is 3.44. The van der Waals surface area contributed by atoms with Gasteiger partial charge in [0.25, 0.3) is 0 Å². The summed E-state index contributed by atoms with van der Waals surface area (Å²) in [5, 5.41) is 2.80. The Labute approximate surface area is 86.2 Å². The van der Waals surface area contributed by atoms with E-state index in [1.165, 1.54) is 0 Å². The fraction of sp³-hybridized carbons (Fsp3) is 0.900. The standard InChI is InChI=1S/C10H22N2O2/c1-8(2)9(11)7-12-10(13)5-4-6-14-3/h8-9H,4-7,11H2,1-3H3,(H,12,13). The molecule has 0 heterocycles. The van der Waals surface area contributed by atoms with Crippen LogP contribution >= 0.6 is 0 Å². The van der Waals surface area contributed by atoms with E-state index >= 15 is 0 Å². The molecule has 0 saturated heterocycles. The summed E-state index contributed by atoms with van der Waals surface area (Å²) in [7, 11) is 1.63. The van der Waals surface area contributed by atoms with Crippen molar-refractivity contribution in [2.45, 2.75) is 32.7 Å². The molecule has 1 unspecified atom stereocenters. The van der Waals surface area contributed by atoms with Gasteiger partial charge in [0, 0.05) is 32.7 Å². The maximum absolute atomic E-state index is 11.2. The number of rotatable bonds is 7. The zero-order valence-corrected chi connectivity index (χ0v) is 9.38. The first-order chi connectivity index (χ1) is 6.57. The number of carbonyl (C=O) groups is 1. The molecule has 0 rings (SSSR count). The molecule has 1 amide bonds. The minimum Gasteiger partial charge on any atom is -0.385 e. The highest BCUT2D eigenvalue weighted by Crippen LogP contribution is 1.96. The molecule has 0 aromatic rings. The van der Waals surface area contributed by atoms with Crippen molar-refractivity contribution in [1.82, 2.24) is 5.32 Å². The van der Waals surface area contributed by atoms with Gasteiger partial charge < -0.3 is 15.8 Å². The topological polar surface area (TPSA) is 64.3 Å². The Kier molecular flexibility index (Phi) is 7.42. The molecule has 84 valence electrons. The van der Waals surface area contributed by atoms with E-state index in [2.05, 4.69) is 5.32 Å². The number of carbonyl (C=O) groups excluding carboxylic acids is 1. The van der Waals surface area contributed by atoms with Crippen molar-refractivity contribution in [3.63, 3.8) is 0 Å². The Morgan fingerprint density at radius 3 is 2.64 bits per heavy atom. The minimum absolute atomic E-state index is 0.0429. The molecule has 14 heavy (non-hydrogen) atoms. The Morgan fingerprint density at radius 1 is 1.50 bits per heavy atom. The van der Waals surface area contributed by atoms with Gasteiger partial charge in [0.2, 0.25) is 5.91 Å². The highest BCUT2D eigenvalue weighted by atomic mass is 16.5. The minimum atomic E-state index is 0.0429. The third-order valence-corrected chi connectivity index (χ3v) is 2.14. The lowest BCUT2D eigenvalue weighted by atomic mass is 10.1. The van der Waals surface area contributed by atoms with Crippen LogP contribution in [0.5, 0.6) is 0 Å². The monoisotopic (exact) mass is 202 g/mol. The summed E-state index contributed by atoms with van der Waals surface area (Å²) in [6.07, 6.45) is 1.28. The maximum atomic E-state index is 11.2. The summed E-state index contributed by atoms with van der Waals surface area (Å²) in [5.74, 6) is 0.451. The van der Waals surface area contributed by atoms with E-state index in [0.717, 1.165) is 6.42 Å². The molecule has 0 saturated carbocycles. The quantitative estimate of drug-likeness (QED) is 0.591. The van der Waals surface area contributed by atoms with Crippen LogP contribution in [-0.2, 0) is 9.53 Å². The van der Waals surface area contributed by atoms with Gasteiger partial charge in [0.1, 0.15) is 0 Å². The third kappa shape index (κ3) is 6.86. The molecule has 4 nitrogen and oxygen atoms in total. The Morgan fingerprint density at radius 2 is 2.14 bits per heavy atom. The highest BCUT2D eigenvalue weighted by molar-refractivity contribution is 5.75. The van der Waals surface area contributed by atoms with Gasteiger partial charge in [-0.2, -0.15) is 0 Å². The first-order valence-electron chi connectivity index (χ1n) is 5.09. The summed E-state index contributed by atoms with van der Waals surface area (Å²) in [6.45, 7) is 5.27. The van der Waals surface area contributed by atoms with E-state index < -0.39 is 0 Å². The van der Waals surface area contributed by atoms with E-state index in [1.807, 2.05) is 13.8 Å². The summed E-state index contributed by atoms with van der Waals surface area (Å²) in [4.78, 5) is 11.2. The molecule has 0 fully saturated rings. The molecule has 3 N–H and O–H groups in total. The van der Waals surface area contributed by atoms with Gasteiger partial charge in [-0.15, -0.1) is 0 Å². The van der Waals surface area contributed by atoms with Crippen molar-refractivity contribution >= 4 is 5.91 Å². The number of amides is 1. The number of hydrogen-bond acceptors (Lipinski definition) is 3. The summed E-state index contributed by atoms with van der Waals surface area (Å²) in [5.41, 5.74) is 5.78. The maximum Gasteiger partial charge on any atom is 0.220 e. The van der Waals surface area contributed by atoms with Crippen molar-refractivity contribution in [2.75, 3.05) is 20.3 Å². The number of nitrogens with two attached hydrogens (primary N) is 1. The molecule has 4 heteroatoms. The van der Waals surface area contributed by atoms with Crippen LogP contribution in [-0.4, -0.2) is 32.2 Å². The van der Waals surface area contributed by atoms with E-state index in [1.54, 1.807) is 7.11 Å². The van der Waals surface area contributed by atoms with Crippen LogP contribution in [0.1, 0.15) is 26.7 Å². The number of methoxy groups -OCH3 is 1. The predicted octanol–water partition coefficient (Wildman–Crippen LogP) is 0.513. The molecular weight excluding hydrogens is 180 g/mol. The van der Waals surface area contributed by atoms with Crippen molar-refractivity contribution in [2.24, 2.45) is 11.7 Å². The number of hydrogen-bond donors (Lipinski definition) is 2. The molecule has 0 bridgehead atoms. The smallest absolute Gasteiger partial charge is 0.220 e. The van der Waals surface area contributed by atoms with Crippen LogP contribution in [0.3, 0.4) is 0 Å². The van der Waals surface area contributed by atoms with Gasteiger partial charge in [0.05, 0.1) is 0 Å². The lowest BCUT2D eigenvalue weighted by Gasteiger charge is -2.15. The van der Waals surface area contributed by atoms with Gasteiger partial charge >= 0.3 is 0 Å². The van der Waals surface area contributed by atoms with Crippen molar-refractivity contribution in [3.05, 3.63) is 0 Å². The first kappa shape index (κ1) is 13.4. The molecule has 0 aliphatic rings. The van der Waals surface area contributed by atoms with Crippen molar-refractivity contribution in [3.8, 4) is 0 Å². The average molecular weight is 202 g/mol. The van der Waals surface area contributed by atoms with Gasteiger partial charge in [-0.3, -0.25) is 4.79 Å². The van der Waals surface area contributed by atoms with E-state index in [0.29, 0.717) is 25.5 Å². The zero-order chi connectivity index (χ0) is 11.0. The second kappa shape index (κ2) is 7.76. The van der Waals surface area contributed by atoms with E-state index in [4.69, 9.17) is 10.5 Å². The molecule has 0 aromatic heterocycles. The molecule has 0 aromatic carbocycles. The Bertz CT molecular complexity index is 160. The fourth-order valence-corrected chi connectivity index (χ4v) is 0.933. The average Bonchev–Trinajstić information content (AvgIpc) is 2.14. The van der Waals surface area contributed by atoms with E-state index in [-0.39, 0.29) is 11.9 Å². The summed E-state index contributed by atoms with van der Waals surface area (Å²) >= 11 is 0. The van der Waals surface area contributed by atoms with Gasteiger partial charge in [-0.05, 0) is 12.3 Å².